The van der Waals surface area contributed by atoms with E-state index in [1.165, 1.54) is 0 Å². The molecule has 0 radical (unpaired) electrons. The molecule has 0 aromatic heterocycles. The van der Waals surface area contributed by atoms with Gasteiger partial charge in [-0.2, -0.15) is 0 Å². The summed E-state index contributed by atoms with van der Waals surface area (Å²) in [4.78, 5) is 2.09. The number of aryl methyl sites for hydroxylation is 4. The Morgan fingerprint density at radius 3 is 1.45 bits per heavy atom. The van der Waals surface area contributed by atoms with Gasteiger partial charge in [0.15, 0.2) is 0 Å². The van der Waals surface area contributed by atoms with Crippen LogP contribution in [0.4, 0.5) is 17.1 Å². The summed E-state index contributed by atoms with van der Waals surface area (Å²) in [6.07, 6.45) is 0. The minimum atomic E-state index is 0.210. The van der Waals surface area contributed by atoms with Crippen LogP contribution in [-0.2, 0) is 0 Å². The first-order valence-corrected chi connectivity index (χ1v) is 10.7. The quantitative estimate of drug-likeness (QED) is 0.303. The first-order valence-electron chi connectivity index (χ1n) is 10.7. The van der Waals surface area contributed by atoms with Crippen LogP contribution in [-0.4, -0.2) is 15.3 Å². The van der Waals surface area contributed by atoms with Crippen molar-refractivity contribution < 1.29 is 20.1 Å². The zero-order chi connectivity index (χ0) is 23.7. The summed E-state index contributed by atoms with van der Waals surface area (Å²) < 4.78 is 6.12. The molecule has 0 amide bonds. The van der Waals surface area contributed by atoms with Crippen molar-refractivity contribution >= 4 is 17.1 Å². The highest BCUT2D eigenvalue weighted by Crippen LogP contribution is 2.41. The Kier molecular flexibility index (Phi) is 5.88. The maximum atomic E-state index is 9.91. The molecule has 5 heteroatoms. The predicted molar refractivity (Wildman–Crippen MR) is 132 cm³/mol. The Labute approximate surface area is 193 Å². The summed E-state index contributed by atoms with van der Waals surface area (Å²) in [6.45, 7) is 7.70. The summed E-state index contributed by atoms with van der Waals surface area (Å²) in [6, 6.07) is 21.7. The van der Waals surface area contributed by atoms with Gasteiger partial charge in [-0.05, 0) is 123 Å². The van der Waals surface area contributed by atoms with Gasteiger partial charge >= 0.3 is 0 Å². The van der Waals surface area contributed by atoms with Gasteiger partial charge in [0.1, 0.15) is 28.7 Å². The summed E-state index contributed by atoms with van der Waals surface area (Å²) in [7, 11) is 0. The number of nitrogens with zero attached hydrogens (tertiary/aromatic N) is 1. The Hall–Kier alpha value is -4.12. The van der Waals surface area contributed by atoms with Crippen LogP contribution in [0.25, 0.3) is 0 Å². The maximum Gasteiger partial charge on any atom is 0.133 e. The third-order valence-corrected chi connectivity index (χ3v) is 5.60. The lowest BCUT2D eigenvalue weighted by Gasteiger charge is -2.28. The van der Waals surface area contributed by atoms with E-state index in [9.17, 15) is 15.3 Å². The lowest BCUT2D eigenvalue weighted by molar-refractivity contribution is 0.458. The van der Waals surface area contributed by atoms with Crippen LogP contribution in [0.2, 0.25) is 0 Å². The maximum absolute atomic E-state index is 9.91. The summed E-state index contributed by atoms with van der Waals surface area (Å²) in [5, 5.41) is 29.6. The number of benzene rings is 4. The summed E-state index contributed by atoms with van der Waals surface area (Å²) in [5.74, 6) is 2.04. The molecule has 0 fully saturated rings. The van der Waals surface area contributed by atoms with Gasteiger partial charge in [-0.3, -0.25) is 0 Å². The smallest absolute Gasteiger partial charge is 0.133 e. The van der Waals surface area contributed by atoms with Gasteiger partial charge in [0.2, 0.25) is 0 Å². The van der Waals surface area contributed by atoms with E-state index in [1.807, 2.05) is 64.1 Å². The second-order valence-electron chi connectivity index (χ2n) is 8.28. The molecule has 4 aromatic carbocycles. The monoisotopic (exact) mass is 441 g/mol. The Morgan fingerprint density at radius 1 is 0.545 bits per heavy atom. The van der Waals surface area contributed by atoms with Crippen LogP contribution in [0, 0.1) is 27.7 Å². The highest BCUT2D eigenvalue weighted by Gasteiger charge is 2.17. The van der Waals surface area contributed by atoms with Gasteiger partial charge in [-0.15, -0.1) is 0 Å². The van der Waals surface area contributed by atoms with E-state index in [2.05, 4.69) is 4.90 Å². The van der Waals surface area contributed by atoms with E-state index in [4.69, 9.17) is 4.74 Å². The molecule has 0 unspecified atom stereocenters. The molecule has 3 N–H and O–H groups in total. The van der Waals surface area contributed by atoms with Crippen molar-refractivity contribution in [1.82, 2.24) is 0 Å². The fourth-order valence-electron chi connectivity index (χ4n) is 4.06. The topological polar surface area (TPSA) is 73.2 Å². The Bertz CT molecular complexity index is 1240. The van der Waals surface area contributed by atoms with Crippen molar-refractivity contribution in [2.75, 3.05) is 4.90 Å². The van der Waals surface area contributed by atoms with E-state index in [-0.39, 0.29) is 17.2 Å². The van der Waals surface area contributed by atoms with E-state index >= 15 is 0 Å². The van der Waals surface area contributed by atoms with Gasteiger partial charge in [-0.1, -0.05) is 0 Å². The van der Waals surface area contributed by atoms with Crippen molar-refractivity contribution in [1.29, 1.82) is 0 Å². The van der Waals surface area contributed by atoms with Crippen LogP contribution in [0.3, 0.4) is 0 Å². The zero-order valence-electron chi connectivity index (χ0n) is 19.1. The number of anilines is 3. The molecule has 168 valence electrons. The van der Waals surface area contributed by atoms with E-state index < -0.39 is 0 Å². The average molecular weight is 442 g/mol. The van der Waals surface area contributed by atoms with E-state index in [1.54, 1.807) is 36.4 Å². The average Bonchev–Trinajstić information content (AvgIpc) is 2.74. The Balaban J connectivity index is 1.75. The van der Waals surface area contributed by atoms with E-state index in [0.717, 1.165) is 45.1 Å². The molecular formula is C28H27NO4. The number of phenolic OH excluding ortho intramolecular Hbond substituents is 3. The van der Waals surface area contributed by atoms with Gasteiger partial charge in [-0.25, -0.2) is 0 Å². The Morgan fingerprint density at radius 2 is 1.00 bits per heavy atom. The molecule has 0 saturated heterocycles. The third-order valence-electron chi connectivity index (χ3n) is 5.60. The third kappa shape index (κ3) is 4.58. The van der Waals surface area contributed by atoms with Gasteiger partial charge in [0, 0.05) is 17.1 Å². The molecular weight excluding hydrogens is 414 g/mol. The predicted octanol–water partition coefficient (Wildman–Crippen LogP) is 7.30. The normalized spacial score (nSPS) is 10.8. The van der Waals surface area contributed by atoms with Crippen molar-refractivity contribution in [3.05, 3.63) is 95.1 Å². The molecule has 0 saturated carbocycles. The molecule has 4 rings (SSSR count). The number of rotatable bonds is 5. The molecule has 0 aliphatic carbocycles. The minimum Gasteiger partial charge on any atom is -0.508 e. The number of hydrogen-bond donors (Lipinski definition) is 3. The molecule has 0 aliphatic rings. The fraction of sp³-hybridized carbons (Fsp3) is 0.143. The van der Waals surface area contributed by atoms with Crippen LogP contribution in [0.5, 0.6) is 28.7 Å². The highest BCUT2D eigenvalue weighted by molar-refractivity contribution is 5.80. The van der Waals surface area contributed by atoms with Crippen molar-refractivity contribution in [2.45, 2.75) is 27.7 Å². The minimum absolute atomic E-state index is 0.210. The molecule has 0 bridgehead atoms. The first kappa shape index (κ1) is 22.1. The van der Waals surface area contributed by atoms with Gasteiger partial charge in [0.25, 0.3) is 0 Å². The lowest BCUT2D eigenvalue weighted by atomic mass is 10.1. The highest BCUT2D eigenvalue weighted by atomic mass is 16.5. The van der Waals surface area contributed by atoms with Gasteiger partial charge in [0.05, 0.1) is 0 Å². The van der Waals surface area contributed by atoms with Crippen LogP contribution in [0.15, 0.2) is 72.8 Å². The van der Waals surface area contributed by atoms with Crippen LogP contribution >= 0.6 is 0 Å². The number of ether oxygens (including phenoxy) is 1. The molecule has 0 aliphatic heterocycles. The first-order chi connectivity index (χ1) is 15.7. The molecule has 33 heavy (non-hydrogen) atoms. The lowest BCUT2D eigenvalue weighted by Crippen LogP contribution is -2.12. The summed E-state index contributed by atoms with van der Waals surface area (Å²) >= 11 is 0. The number of phenols is 3. The second-order valence-corrected chi connectivity index (χ2v) is 8.28. The molecule has 5 nitrogen and oxygen atoms in total. The molecule has 0 heterocycles. The van der Waals surface area contributed by atoms with Crippen LogP contribution < -0.4 is 9.64 Å². The van der Waals surface area contributed by atoms with Crippen LogP contribution in [0.1, 0.15) is 22.3 Å². The van der Waals surface area contributed by atoms with E-state index in [0.29, 0.717) is 5.75 Å². The van der Waals surface area contributed by atoms with Crippen molar-refractivity contribution in [3.63, 3.8) is 0 Å². The zero-order valence-corrected chi connectivity index (χ0v) is 19.1. The number of hydrogen-bond acceptors (Lipinski definition) is 5. The van der Waals surface area contributed by atoms with Crippen molar-refractivity contribution in [2.24, 2.45) is 0 Å². The van der Waals surface area contributed by atoms with Gasteiger partial charge < -0.3 is 25.0 Å². The largest absolute Gasteiger partial charge is 0.508 e. The number of aromatic hydroxyl groups is 3. The van der Waals surface area contributed by atoms with Crippen molar-refractivity contribution in [3.8, 4) is 28.7 Å². The second kappa shape index (κ2) is 8.79. The SMILES string of the molecule is Cc1cc(O)ccc1N(c1ccc(Oc2c(C)cc(O)cc2C)cc1)c1ccc(O)cc1C. The standard InChI is InChI=1S/C28H27NO4/c1-17-13-22(30)7-11-26(17)29(27-12-8-23(31)14-18(27)2)21-5-9-25(10-6-21)33-28-19(3)15-24(32)16-20(28)4/h5-16,30-32H,1-4H3. The summed E-state index contributed by atoms with van der Waals surface area (Å²) in [5.41, 5.74) is 6.29. The molecule has 0 spiro atoms. The molecule has 4 aromatic rings. The fourth-order valence-corrected chi connectivity index (χ4v) is 4.06. The molecule has 0 atom stereocenters.